The van der Waals surface area contributed by atoms with Crippen LogP contribution < -0.4 is 4.90 Å². The second kappa shape index (κ2) is 6.28. The number of anilines is 1. The van der Waals surface area contributed by atoms with Crippen LogP contribution in [-0.4, -0.2) is 25.0 Å². The lowest BCUT2D eigenvalue weighted by Gasteiger charge is -2.25. The van der Waals surface area contributed by atoms with Gasteiger partial charge in [-0.15, -0.1) is 0 Å². The number of hydrogen-bond donors (Lipinski definition) is 0. The molecule has 0 N–H and O–H groups in total. The first-order chi connectivity index (χ1) is 10.7. The summed E-state index contributed by atoms with van der Waals surface area (Å²) in [6.07, 6.45) is 0.231. The van der Waals surface area contributed by atoms with Crippen molar-refractivity contribution in [2.45, 2.75) is 33.3 Å². The van der Waals surface area contributed by atoms with Crippen molar-refractivity contribution >= 4 is 18.1 Å². The molecule has 23 heavy (non-hydrogen) atoms. The second-order valence-electron chi connectivity index (χ2n) is 6.42. The Morgan fingerprint density at radius 2 is 1.91 bits per heavy atom. The lowest BCUT2D eigenvalue weighted by Crippen LogP contribution is -2.34. The van der Waals surface area contributed by atoms with Gasteiger partial charge >= 0.3 is 6.09 Å². The van der Waals surface area contributed by atoms with E-state index in [-0.39, 0.29) is 5.76 Å². The summed E-state index contributed by atoms with van der Waals surface area (Å²) in [7, 11) is 1.66. The van der Waals surface area contributed by atoms with Gasteiger partial charge in [0.1, 0.15) is 11.4 Å². The topological polar surface area (TPSA) is 59.8 Å². The highest BCUT2D eigenvalue weighted by Gasteiger charge is 2.21. The summed E-state index contributed by atoms with van der Waals surface area (Å²) in [5.74, 6) is 0.846. The van der Waals surface area contributed by atoms with Gasteiger partial charge in [0, 0.05) is 18.3 Å². The minimum atomic E-state index is -0.558. The standard InChI is InChI=1S/C18H21NO4/c1-12-8-13(16-7-6-15(11-20)22-16)10-14(9-12)19(5)17(21)23-18(2,3)4/h6-11H,1-5H3. The number of aryl methyl sites for hydroxylation is 1. The Morgan fingerprint density at radius 3 is 2.48 bits per heavy atom. The number of carbonyl (C=O) groups is 2. The molecule has 1 heterocycles. The highest BCUT2D eigenvalue weighted by atomic mass is 16.6. The van der Waals surface area contributed by atoms with E-state index in [2.05, 4.69) is 0 Å². The molecule has 0 aliphatic carbocycles. The average molecular weight is 315 g/mol. The molecule has 5 nitrogen and oxygen atoms in total. The van der Waals surface area contributed by atoms with Crippen molar-refractivity contribution in [1.29, 1.82) is 0 Å². The third-order valence-electron chi connectivity index (χ3n) is 3.14. The fourth-order valence-corrected chi connectivity index (χ4v) is 2.11. The molecular weight excluding hydrogens is 294 g/mol. The maximum atomic E-state index is 12.2. The minimum Gasteiger partial charge on any atom is -0.453 e. The van der Waals surface area contributed by atoms with E-state index in [9.17, 15) is 9.59 Å². The van der Waals surface area contributed by atoms with Gasteiger partial charge < -0.3 is 9.15 Å². The van der Waals surface area contributed by atoms with E-state index in [0.29, 0.717) is 17.7 Å². The zero-order valence-electron chi connectivity index (χ0n) is 14.0. The van der Waals surface area contributed by atoms with Gasteiger partial charge in [-0.05, 0) is 63.6 Å². The number of ether oxygens (including phenoxy) is 1. The summed E-state index contributed by atoms with van der Waals surface area (Å²) in [5.41, 5.74) is 1.90. The number of rotatable bonds is 3. The maximum absolute atomic E-state index is 12.2. The monoisotopic (exact) mass is 315 g/mol. The summed E-state index contributed by atoms with van der Waals surface area (Å²) in [6.45, 7) is 7.40. The largest absolute Gasteiger partial charge is 0.453 e. The molecule has 2 aromatic rings. The number of hydrogen-bond acceptors (Lipinski definition) is 4. The molecule has 0 fully saturated rings. The third kappa shape index (κ3) is 4.22. The summed E-state index contributed by atoms with van der Waals surface area (Å²) in [4.78, 5) is 24.4. The van der Waals surface area contributed by atoms with Crippen molar-refractivity contribution in [1.82, 2.24) is 0 Å². The molecule has 0 unspecified atom stereocenters. The van der Waals surface area contributed by atoms with Gasteiger partial charge in [0.05, 0.1) is 0 Å². The average Bonchev–Trinajstić information content (AvgIpc) is 2.93. The van der Waals surface area contributed by atoms with E-state index >= 15 is 0 Å². The van der Waals surface area contributed by atoms with Crippen LogP contribution in [0.25, 0.3) is 11.3 Å². The smallest absolute Gasteiger partial charge is 0.414 e. The van der Waals surface area contributed by atoms with Crippen molar-refractivity contribution in [3.05, 3.63) is 41.7 Å². The summed E-state index contributed by atoms with van der Waals surface area (Å²) < 4.78 is 10.8. The van der Waals surface area contributed by atoms with Crippen molar-refractivity contribution in [2.75, 3.05) is 11.9 Å². The van der Waals surface area contributed by atoms with Crippen LogP contribution in [0.15, 0.2) is 34.7 Å². The molecule has 0 atom stereocenters. The normalized spacial score (nSPS) is 11.2. The van der Waals surface area contributed by atoms with Crippen LogP contribution in [0.1, 0.15) is 36.9 Å². The molecule has 5 heteroatoms. The zero-order valence-corrected chi connectivity index (χ0v) is 14.0. The van der Waals surface area contributed by atoms with Crippen molar-refractivity contribution < 1.29 is 18.7 Å². The molecule has 0 radical (unpaired) electrons. The Kier molecular flexibility index (Phi) is 4.59. The van der Waals surface area contributed by atoms with Crippen molar-refractivity contribution in [2.24, 2.45) is 0 Å². The molecule has 0 aliphatic heterocycles. The quantitative estimate of drug-likeness (QED) is 0.786. The molecule has 0 saturated heterocycles. The molecule has 0 aliphatic rings. The van der Waals surface area contributed by atoms with E-state index in [1.54, 1.807) is 19.2 Å². The number of furan rings is 1. The fourth-order valence-electron chi connectivity index (χ4n) is 2.11. The molecular formula is C18H21NO4. The molecule has 1 aromatic carbocycles. The predicted molar refractivity (Wildman–Crippen MR) is 88.9 cm³/mol. The van der Waals surface area contributed by atoms with Gasteiger partial charge in [0.25, 0.3) is 0 Å². The summed E-state index contributed by atoms with van der Waals surface area (Å²) in [5, 5.41) is 0. The predicted octanol–water partition coefficient (Wildman–Crippen LogP) is 4.44. The zero-order chi connectivity index (χ0) is 17.2. The third-order valence-corrected chi connectivity index (χ3v) is 3.14. The van der Waals surface area contributed by atoms with Gasteiger partial charge in [0.2, 0.25) is 0 Å². The Balaban J connectivity index is 2.33. The van der Waals surface area contributed by atoms with Gasteiger partial charge in [-0.3, -0.25) is 9.69 Å². The van der Waals surface area contributed by atoms with Crippen molar-refractivity contribution in [3.63, 3.8) is 0 Å². The van der Waals surface area contributed by atoms with E-state index in [1.165, 1.54) is 4.90 Å². The molecule has 2 rings (SSSR count). The number of nitrogens with zero attached hydrogens (tertiary/aromatic N) is 1. The fraction of sp³-hybridized carbons (Fsp3) is 0.333. The first kappa shape index (κ1) is 16.8. The van der Waals surface area contributed by atoms with E-state index < -0.39 is 11.7 Å². The molecule has 1 aromatic heterocycles. The van der Waals surface area contributed by atoms with Gasteiger partial charge in [-0.2, -0.15) is 0 Å². The van der Waals surface area contributed by atoms with Gasteiger partial charge in [-0.1, -0.05) is 0 Å². The van der Waals surface area contributed by atoms with Crippen LogP contribution in [0.4, 0.5) is 10.5 Å². The number of aldehydes is 1. The van der Waals surface area contributed by atoms with E-state index in [1.807, 2.05) is 45.9 Å². The molecule has 0 saturated carbocycles. The number of carbonyl (C=O) groups excluding carboxylic acids is 2. The van der Waals surface area contributed by atoms with Crippen LogP contribution in [0, 0.1) is 6.92 Å². The van der Waals surface area contributed by atoms with E-state index in [0.717, 1.165) is 11.1 Å². The lowest BCUT2D eigenvalue weighted by molar-refractivity contribution is 0.0589. The van der Waals surface area contributed by atoms with Crippen LogP contribution in [0.2, 0.25) is 0 Å². The van der Waals surface area contributed by atoms with Crippen molar-refractivity contribution in [3.8, 4) is 11.3 Å². The minimum absolute atomic E-state index is 0.267. The summed E-state index contributed by atoms with van der Waals surface area (Å²) >= 11 is 0. The molecule has 0 bridgehead atoms. The molecule has 122 valence electrons. The molecule has 0 spiro atoms. The van der Waals surface area contributed by atoms with Crippen LogP contribution in [-0.2, 0) is 4.74 Å². The van der Waals surface area contributed by atoms with Gasteiger partial charge in [0.15, 0.2) is 12.0 Å². The van der Waals surface area contributed by atoms with Crippen LogP contribution >= 0.6 is 0 Å². The SMILES string of the molecule is Cc1cc(-c2ccc(C=O)o2)cc(N(C)C(=O)OC(C)(C)C)c1. The Labute approximate surface area is 135 Å². The maximum Gasteiger partial charge on any atom is 0.414 e. The highest BCUT2D eigenvalue weighted by Crippen LogP contribution is 2.28. The van der Waals surface area contributed by atoms with Crippen LogP contribution in [0.3, 0.4) is 0 Å². The van der Waals surface area contributed by atoms with Crippen LogP contribution in [0.5, 0.6) is 0 Å². The number of benzene rings is 1. The Morgan fingerprint density at radius 1 is 1.22 bits per heavy atom. The highest BCUT2D eigenvalue weighted by molar-refractivity contribution is 5.88. The molecule has 1 amide bonds. The number of amides is 1. The first-order valence-corrected chi connectivity index (χ1v) is 7.33. The first-order valence-electron chi connectivity index (χ1n) is 7.33. The van der Waals surface area contributed by atoms with E-state index in [4.69, 9.17) is 9.15 Å². The Bertz CT molecular complexity index is 725. The lowest BCUT2D eigenvalue weighted by atomic mass is 10.1. The second-order valence-corrected chi connectivity index (χ2v) is 6.42. The van der Waals surface area contributed by atoms with Gasteiger partial charge in [-0.25, -0.2) is 4.79 Å². The summed E-state index contributed by atoms with van der Waals surface area (Å²) in [6, 6.07) is 8.98. The Hall–Kier alpha value is -2.56.